The number of methoxy groups -OCH3 is 1. The summed E-state index contributed by atoms with van der Waals surface area (Å²) in [6.07, 6.45) is -0.0396. The van der Waals surface area contributed by atoms with Crippen molar-refractivity contribution >= 4 is 29.4 Å². The van der Waals surface area contributed by atoms with E-state index in [1.165, 1.54) is 7.11 Å². The minimum Gasteiger partial charge on any atom is -0.469 e. The molecular weight excluding hydrogens is 334 g/mol. The van der Waals surface area contributed by atoms with Gasteiger partial charge < -0.3 is 20.3 Å². The molecule has 1 aromatic carbocycles. The van der Waals surface area contributed by atoms with Gasteiger partial charge in [-0.1, -0.05) is 23.7 Å². The van der Waals surface area contributed by atoms with E-state index in [1.807, 2.05) is 12.1 Å². The monoisotopic (exact) mass is 354 g/mol. The number of esters is 1. The second-order valence-corrected chi connectivity index (χ2v) is 6.05. The molecule has 0 spiro atoms. The summed E-state index contributed by atoms with van der Waals surface area (Å²) in [6, 6.07) is 6.59. The number of carbonyl (C=O) groups is 3. The average molecular weight is 355 g/mol. The molecule has 3 N–H and O–H groups in total. The van der Waals surface area contributed by atoms with Crippen molar-refractivity contribution in [2.24, 2.45) is 0 Å². The largest absolute Gasteiger partial charge is 0.469 e. The van der Waals surface area contributed by atoms with Crippen LogP contribution in [0.15, 0.2) is 24.3 Å². The van der Waals surface area contributed by atoms with Crippen LogP contribution in [-0.2, 0) is 25.7 Å². The van der Waals surface area contributed by atoms with E-state index in [0.717, 1.165) is 10.5 Å². The number of hydrogen-bond acceptors (Lipinski definition) is 4. The predicted molar refractivity (Wildman–Crippen MR) is 87.4 cm³/mol. The van der Waals surface area contributed by atoms with Gasteiger partial charge in [-0.3, -0.25) is 14.4 Å². The molecule has 0 aromatic heterocycles. The normalized spacial score (nSPS) is 20.2. The molecule has 1 aromatic rings. The number of carbonyl (C=O) groups excluding carboxylic acids is 3. The summed E-state index contributed by atoms with van der Waals surface area (Å²) in [6.45, 7) is 1.58. The number of hydrogen-bond donors (Lipinski definition) is 3. The highest BCUT2D eigenvalue weighted by Crippen LogP contribution is 2.08. The van der Waals surface area contributed by atoms with E-state index in [-0.39, 0.29) is 24.8 Å². The van der Waals surface area contributed by atoms with Gasteiger partial charge in [0.25, 0.3) is 11.8 Å². The van der Waals surface area contributed by atoms with Crippen molar-refractivity contribution < 1.29 is 24.0 Å². The van der Waals surface area contributed by atoms with Gasteiger partial charge in [0.1, 0.15) is 6.42 Å². The lowest BCUT2D eigenvalue weighted by Gasteiger charge is -2.30. The van der Waals surface area contributed by atoms with Gasteiger partial charge in [-0.25, -0.2) is 0 Å². The van der Waals surface area contributed by atoms with Crippen LogP contribution in [-0.4, -0.2) is 50.6 Å². The van der Waals surface area contributed by atoms with Crippen molar-refractivity contribution in [2.45, 2.75) is 19.0 Å². The van der Waals surface area contributed by atoms with Gasteiger partial charge in [0.2, 0.25) is 0 Å². The van der Waals surface area contributed by atoms with E-state index in [0.29, 0.717) is 24.7 Å². The number of rotatable bonds is 6. The van der Waals surface area contributed by atoms with E-state index in [2.05, 4.69) is 15.4 Å². The zero-order valence-corrected chi connectivity index (χ0v) is 14.2. The third kappa shape index (κ3) is 5.21. The first-order chi connectivity index (χ1) is 11.5. The van der Waals surface area contributed by atoms with Gasteiger partial charge in [-0.05, 0) is 17.7 Å². The average Bonchev–Trinajstić information content (AvgIpc) is 2.57. The molecule has 1 aliphatic rings. The Labute approximate surface area is 145 Å². The molecule has 0 radical (unpaired) electrons. The molecule has 1 saturated heterocycles. The van der Waals surface area contributed by atoms with Gasteiger partial charge in [-0.2, -0.15) is 0 Å². The van der Waals surface area contributed by atoms with Crippen molar-refractivity contribution in [3.63, 3.8) is 0 Å². The van der Waals surface area contributed by atoms with Crippen LogP contribution in [0.2, 0.25) is 5.02 Å². The lowest BCUT2D eigenvalue weighted by molar-refractivity contribution is -0.909. The van der Waals surface area contributed by atoms with Crippen molar-refractivity contribution in [3.8, 4) is 0 Å². The number of nitrogens with one attached hydrogen (secondary N) is 3. The van der Waals surface area contributed by atoms with E-state index in [4.69, 9.17) is 11.6 Å². The Balaban J connectivity index is 1.89. The van der Waals surface area contributed by atoms with Crippen LogP contribution >= 0.6 is 11.6 Å². The minimum atomic E-state index is -0.604. The van der Waals surface area contributed by atoms with Crippen molar-refractivity contribution in [1.29, 1.82) is 0 Å². The number of quaternary nitrogens is 1. The number of halogens is 1. The van der Waals surface area contributed by atoms with Crippen molar-refractivity contribution in [3.05, 3.63) is 34.9 Å². The number of amides is 2. The molecule has 2 atom stereocenters. The Morgan fingerprint density at radius 3 is 2.75 bits per heavy atom. The minimum absolute atomic E-state index is 0.0396. The Hall–Kier alpha value is -2.12. The highest BCUT2D eigenvalue weighted by atomic mass is 35.5. The summed E-state index contributed by atoms with van der Waals surface area (Å²) >= 11 is 5.82. The fourth-order valence-corrected chi connectivity index (χ4v) is 2.73. The molecular formula is C16H21ClN3O4+. The van der Waals surface area contributed by atoms with Crippen LogP contribution in [0.4, 0.5) is 0 Å². The van der Waals surface area contributed by atoms with E-state index in [1.54, 1.807) is 12.1 Å². The van der Waals surface area contributed by atoms with E-state index < -0.39 is 12.0 Å². The highest BCUT2D eigenvalue weighted by Gasteiger charge is 2.36. The zero-order valence-electron chi connectivity index (χ0n) is 13.4. The number of benzene rings is 1. The first-order valence-electron chi connectivity index (χ1n) is 7.70. The van der Waals surface area contributed by atoms with Crippen LogP contribution in [0.5, 0.6) is 0 Å². The second-order valence-electron chi connectivity index (χ2n) is 5.61. The fraction of sp³-hybridized carbons (Fsp3) is 0.438. The van der Waals surface area contributed by atoms with Crippen LogP contribution in [0, 0.1) is 0 Å². The van der Waals surface area contributed by atoms with Crippen molar-refractivity contribution in [1.82, 2.24) is 10.6 Å². The molecule has 8 heteroatoms. The topological polar surface area (TPSA) is 88.9 Å². The summed E-state index contributed by atoms with van der Waals surface area (Å²) in [4.78, 5) is 36.3. The Morgan fingerprint density at radius 1 is 1.38 bits per heavy atom. The zero-order chi connectivity index (χ0) is 17.5. The lowest BCUT2D eigenvalue weighted by Crippen LogP contribution is -3.20. The number of piperazine rings is 1. The quantitative estimate of drug-likeness (QED) is 0.566. The standard InChI is InChI=1S/C16H20ClN3O4/c1-24-15(22)8-13-16(23)18-6-7-20(13)10-14(21)19-9-11-2-4-12(17)5-3-11/h2-5,13H,6-10H2,1H3,(H,18,23)(H,19,21)/p+1/t13-/m0/s1. The SMILES string of the molecule is COC(=O)C[C@H]1C(=O)NCC[NH+]1CC(=O)NCc1ccc(Cl)cc1. The summed E-state index contributed by atoms with van der Waals surface area (Å²) < 4.78 is 4.63. The Kier molecular flexibility index (Phi) is 6.57. The summed E-state index contributed by atoms with van der Waals surface area (Å²) in [7, 11) is 1.28. The molecule has 1 aliphatic heterocycles. The molecule has 1 fully saturated rings. The molecule has 1 heterocycles. The van der Waals surface area contributed by atoms with Crippen molar-refractivity contribution in [2.75, 3.05) is 26.7 Å². The maximum Gasteiger partial charge on any atom is 0.312 e. The molecule has 0 aliphatic carbocycles. The molecule has 7 nitrogen and oxygen atoms in total. The van der Waals surface area contributed by atoms with E-state index >= 15 is 0 Å². The maximum absolute atomic E-state index is 12.2. The molecule has 0 saturated carbocycles. The predicted octanol–water partition coefficient (Wildman–Crippen LogP) is -1.10. The van der Waals surface area contributed by atoms with Gasteiger partial charge >= 0.3 is 5.97 Å². The summed E-state index contributed by atoms with van der Waals surface area (Å²) in [5.41, 5.74) is 0.935. The smallest absolute Gasteiger partial charge is 0.312 e. The summed E-state index contributed by atoms with van der Waals surface area (Å²) in [5.74, 6) is -0.868. The third-order valence-corrected chi connectivity index (χ3v) is 4.20. The summed E-state index contributed by atoms with van der Waals surface area (Å²) in [5, 5.41) is 6.17. The van der Waals surface area contributed by atoms with Gasteiger partial charge in [0.05, 0.1) is 20.2 Å². The molecule has 130 valence electrons. The highest BCUT2D eigenvalue weighted by molar-refractivity contribution is 6.30. The first kappa shape index (κ1) is 18.2. The molecule has 2 rings (SSSR count). The Bertz CT molecular complexity index is 606. The Morgan fingerprint density at radius 2 is 2.08 bits per heavy atom. The van der Waals surface area contributed by atoms with Crippen LogP contribution in [0.1, 0.15) is 12.0 Å². The molecule has 2 amide bonds. The van der Waals surface area contributed by atoms with Crippen LogP contribution in [0.25, 0.3) is 0 Å². The maximum atomic E-state index is 12.2. The third-order valence-electron chi connectivity index (χ3n) is 3.94. The lowest BCUT2D eigenvalue weighted by atomic mass is 10.1. The second kappa shape index (κ2) is 8.65. The molecule has 0 bridgehead atoms. The molecule has 1 unspecified atom stereocenters. The number of ether oxygens (including phenoxy) is 1. The fourth-order valence-electron chi connectivity index (χ4n) is 2.60. The van der Waals surface area contributed by atoms with Crippen LogP contribution < -0.4 is 15.5 Å². The van der Waals surface area contributed by atoms with Gasteiger partial charge in [0, 0.05) is 11.6 Å². The molecule has 24 heavy (non-hydrogen) atoms. The van der Waals surface area contributed by atoms with Crippen LogP contribution in [0.3, 0.4) is 0 Å². The van der Waals surface area contributed by atoms with Gasteiger partial charge in [0.15, 0.2) is 12.6 Å². The first-order valence-corrected chi connectivity index (χ1v) is 8.07. The van der Waals surface area contributed by atoms with Gasteiger partial charge in [-0.15, -0.1) is 0 Å². The van der Waals surface area contributed by atoms with E-state index in [9.17, 15) is 14.4 Å².